The van der Waals surface area contributed by atoms with Crippen molar-refractivity contribution in [1.82, 2.24) is 0 Å². The van der Waals surface area contributed by atoms with Crippen molar-refractivity contribution in [3.8, 4) is 0 Å². The largest absolute Gasteiger partial charge is 0.396 e. The molecule has 2 nitrogen and oxygen atoms in total. The maximum atomic E-state index is 10.9. The molecule has 0 bridgehead atoms. The van der Waals surface area contributed by atoms with Gasteiger partial charge in [0.2, 0.25) is 0 Å². The summed E-state index contributed by atoms with van der Waals surface area (Å²) in [5.74, 6) is 1.54. The number of aliphatic hydroxyl groups is 2. The summed E-state index contributed by atoms with van der Waals surface area (Å²) in [5, 5.41) is 20.9. The Labute approximate surface area is 136 Å². The zero-order valence-corrected chi connectivity index (χ0v) is 14.9. The molecule has 3 rings (SSSR count). The van der Waals surface area contributed by atoms with E-state index >= 15 is 0 Å². The molecule has 0 aliphatic heterocycles. The van der Waals surface area contributed by atoms with E-state index in [1.165, 1.54) is 18.4 Å². The predicted molar refractivity (Wildman–Crippen MR) is 90.5 cm³/mol. The second kappa shape index (κ2) is 5.34. The lowest BCUT2D eigenvalue weighted by Crippen LogP contribution is -2.53. The number of allylic oxidation sites excluding steroid dienone is 1. The van der Waals surface area contributed by atoms with E-state index in [9.17, 15) is 10.2 Å². The maximum Gasteiger partial charge on any atom is 0.0707 e. The van der Waals surface area contributed by atoms with Crippen LogP contribution >= 0.6 is 0 Å². The first-order valence-electron chi connectivity index (χ1n) is 9.27. The van der Waals surface area contributed by atoms with Crippen molar-refractivity contribution in [1.29, 1.82) is 0 Å². The average molecular weight is 306 g/mol. The lowest BCUT2D eigenvalue weighted by atomic mass is 9.46. The third kappa shape index (κ3) is 2.29. The van der Waals surface area contributed by atoms with Crippen LogP contribution in [0.25, 0.3) is 0 Å². The highest BCUT2D eigenvalue weighted by Crippen LogP contribution is 2.63. The Morgan fingerprint density at radius 1 is 1.23 bits per heavy atom. The van der Waals surface area contributed by atoms with E-state index in [1.807, 2.05) is 0 Å². The fourth-order valence-corrected chi connectivity index (χ4v) is 6.05. The highest BCUT2D eigenvalue weighted by molar-refractivity contribution is 5.24. The molecule has 0 aromatic heterocycles. The molecule has 2 saturated carbocycles. The standard InChI is InChI=1S/C20H34O2/c1-14(2)20(22)11-8-16-15(12-20)6-7-17-18(3,13-21)9-5-10-19(16,17)4/h6,14,16-17,21-22H,5,7-13H2,1-4H3/t16-,17-,18-,19+,20+/m0/s1. The van der Waals surface area contributed by atoms with Crippen molar-refractivity contribution in [3.05, 3.63) is 11.6 Å². The van der Waals surface area contributed by atoms with Gasteiger partial charge in [0, 0.05) is 6.61 Å². The van der Waals surface area contributed by atoms with Gasteiger partial charge in [0.1, 0.15) is 0 Å². The number of hydrogen-bond acceptors (Lipinski definition) is 2. The topological polar surface area (TPSA) is 40.5 Å². The third-order valence-electron chi connectivity index (χ3n) is 7.77. The minimum Gasteiger partial charge on any atom is -0.396 e. The van der Waals surface area contributed by atoms with Crippen molar-refractivity contribution in [3.63, 3.8) is 0 Å². The van der Waals surface area contributed by atoms with E-state index in [1.54, 1.807) is 0 Å². The highest BCUT2D eigenvalue weighted by atomic mass is 16.3. The van der Waals surface area contributed by atoms with Crippen LogP contribution in [0.1, 0.15) is 72.6 Å². The summed E-state index contributed by atoms with van der Waals surface area (Å²) in [6, 6.07) is 0. The second-order valence-corrected chi connectivity index (χ2v) is 9.27. The van der Waals surface area contributed by atoms with E-state index in [0.29, 0.717) is 29.8 Å². The highest BCUT2D eigenvalue weighted by Gasteiger charge is 2.56. The van der Waals surface area contributed by atoms with Gasteiger partial charge in [0.15, 0.2) is 0 Å². The van der Waals surface area contributed by atoms with Gasteiger partial charge in [-0.1, -0.05) is 45.8 Å². The van der Waals surface area contributed by atoms with E-state index < -0.39 is 5.60 Å². The molecule has 2 fully saturated rings. The van der Waals surface area contributed by atoms with Crippen LogP contribution in [0.5, 0.6) is 0 Å². The molecule has 0 unspecified atom stereocenters. The lowest BCUT2D eigenvalue weighted by Gasteiger charge is -2.59. The monoisotopic (exact) mass is 306 g/mol. The SMILES string of the molecule is CC(C)[C@@]1(O)CC[C@H]2C(=CC[C@H]3[C@](C)(CO)CCC[C@]23C)C1. The van der Waals surface area contributed by atoms with Crippen molar-refractivity contribution < 1.29 is 10.2 Å². The number of fused-ring (bicyclic) bond motifs is 3. The summed E-state index contributed by atoms with van der Waals surface area (Å²) < 4.78 is 0. The Morgan fingerprint density at radius 2 is 1.95 bits per heavy atom. The van der Waals surface area contributed by atoms with Gasteiger partial charge in [0.25, 0.3) is 0 Å². The van der Waals surface area contributed by atoms with Crippen LogP contribution in [0.4, 0.5) is 0 Å². The average Bonchev–Trinajstić information content (AvgIpc) is 2.46. The fraction of sp³-hybridized carbons (Fsp3) is 0.900. The van der Waals surface area contributed by atoms with Crippen LogP contribution in [0.3, 0.4) is 0 Å². The normalized spacial score (nSPS) is 48.6. The lowest BCUT2D eigenvalue weighted by molar-refractivity contribution is -0.0993. The molecule has 0 radical (unpaired) electrons. The van der Waals surface area contributed by atoms with E-state index in [2.05, 4.69) is 33.8 Å². The van der Waals surface area contributed by atoms with Gasteiger partial charge in [-0.2, -0.15) is 0 Å². The molecular weight excluding hydrogens is 272 g/mol. The molecule has 126 valence electrons. The Hall–Kier alpha value is -0.340. The molecule has 0 heterocycles. The number of rotatable bonds is 2. The quantitative estimate of drug-likeness (QED) is 0.746. The van der Waals surface area contributed by atoms with Crippen molar-refractivity contribution in [2.45, 2.75) is 78.2 Å². The molecule has 22 heavy (non-hydrogen) atoms. The van der Waals surface area contributed by atoms with Crippen LogP contribution in [0.2, 0.25) is 0 Å². The van der Waals surface area contributed by atoms with Gasteiger partial charge < -0.3 is 10.2 Å². The van der Waals surface area contributed by atoms with E-state index in [-0.39, 0.29) is 5.41 Å². The predicted octanol–water partition coefficient (Wildman–Crippen LogP) is 4.31. The first-order valence-corrected chi connectivity index (χ1v) is 9.27. The molecule has 2 heteroatoms. The zero-order chi connectivity index (χ0) is 16.2. The van der Waals surface area contributed by atoms with Crippen molar-refractivity contribution in [2.24, 2.45) is 28.6 Å². The van der Waals surface area contributed by atoms with Gasteiger partial charge in [-0.3, -0.25) is 0 Å². The molecule has 3 aliphatic rings. The van der Waals surface area contributed by atoms with Crippen molar-refractivity contribution >= 4 is 0 Å². The van der Waals surface area contributed by atoms with Crippen LogP contribution in [0, 0.1) is 28.6 Å². The van der Waals surface area contributed by atoms with Crippen LogP contribution < -0.4 is 0 Å². The zero-order valence-electron chi connectivity index (χ0n) is 14.9. The molecule has 0 saturated heterocycles. The molecule has 5 atom stereocenters. The Bertz CT molecular complexity index is 468. The van der Waals surface area contributed by atoms with E-state index in [4.69, 9.17) is 0 Å². The number of hydrogen-bond donors (Lipinski definition) is 2. The van der Waals surface area contributed by atoms with E-state index in [0.717, 1.165) is 32.1 Å². The summed E-state index contributed by atoms with van der Waals surface area (Å²) in [6.07, 6.45) is 10.1. The summed E-state index contributed by atoms with van der Waals surface area (Å²) in [6.45, 7) is 9.39. The summed E-state index contributed by atoms with van der Waals surface area (Å²) in [5.41, 5.74) is 1.42. The summed E-state index contributed by atoms with van der Waals surface area (Å²) in [7, 11) is 0. The van der Waals surface area contributed by atoms with Crippen LogP contribution in [-0.2, 0) is 0 Å². The van der Waals surface area contributed by atoms with Crippen LogP contribution in [-0.4, -0.2) is 22.4 Å². The second-order valence-electron chi connectivity index (χ2n) is 9.27. The third-order valence-corrected chi connectivity index (χ3v) is 7.77. The molecule has 0 spiro atoms. The van der Waals surface area contributed by atoms with Gasteiger partial charge in [0.05, 0.1) is 5.60 Å². The van der Waals surface area contributed by atoms with Gasteiger partial charge >= 0.3 is 0 Å². The molecule has 0 amide bonds. The fourth-order valence-electron chi connectivity index (χ4n) is 6.05. The summed E-state index contributed by atoms with van der Waals surface area (Å²) in [4.78, 5) is 0. The summed E-state index contributed by atoms with van der Waals surface area (Å²) >= 11 is 0. The minimum atomic E-state index is -0.500. The minimum absolute atomic E-state index is 0.0842. The molecule has 2 N–H and O–H groups in total. The Balaban J connectivity index is 1.92. The van der Waals surface area contributed by atoms with Gasteiger partial charge in [-0.15, -0.1) is 0 Å². The Kier molecular flexibility index (Phi) is 4.01. The molecular formula is C20H34O2. The molecule has 0 aromatic rings. The molecule has 0 aromatic carbocycles. The van der Waals surface area contributed by atoms with Crippen LogP contribution in [0.15, 0.2) is 11.6 Å². The van der Waals surface area contributed by atoms with Gasteiger partial charge in [-0.05, 0) is 67.1 Å². The first kappa shape index (κ1) is 16.5. The number of aliphatic hydroxyl groups excluding tert-OH is 1. The molecule has 3 aliphatic carbocycles. The van der Waals surface area contributed by atoms with Gasteiger partial charge in [-0.25, -0.2) is 0 Å². The smallest absolute Gasteiger partial charge is 0.0707 e. The first-order chi connectivity index (χ1) is 10.3. The van der Waals surface area contributed by atoms with Crippen molar-refractivity contribution in [2.75, 3.05) is 6.61 Å². The maximum absolute atomic E-state index is 10.9. The Morgan fingerprint density at radius 3 is 2.59 bits per heavy atom.